The summed E-state index contributed by atoms with van der Waals surface area (Å²) in [7, 11) is 2.80. The predicted octanol–water partition coefficient (Wildman–Crippen LogP) is -0.334. The van der Waals surface area contributed by atoms with Crippen LogP contribution in [0.15, 0.2) is 12.1 Å². The van der Waals surface area contributed by atoms with E-state index in [-0.39, 0.29) is 23.7 Å². The maximum Gasteiger partial charge on any atom is 0.200 e. The molecule has 0 aliphatic heterocycles. The molecular formula is C12H18O6. The molecule has 0 heterocycles. The molecule has 0 bridgehead atoms. The van der Waals surface area contributed by atoms with E-state index in [1.165, 1.54) is 26.4 Å². The molecule has 0 aromatic heterocycles. The Morgan fingerprint density at radius 3 is 1.94 bits per heavy atom. The lowest BCUT2D eigenvalue weighted by molar-refractivity contribution is -0.0132. The van der Waals surface area contributed by atoms with Gasteiger partial charge in [-0.1, -0.05) is 0 Å². The Kier molecular flexibility index (Phi) is 5.21. The highest BCUT2D eigenvalue weighted by Gasteiger charge is 2.18. The van der Waals surface area contributed by atoms with Crippen molar-refractivity contribution in [2.45, 2.75) is 18.6 Å². The number of phenols is 1. The fourth-order valence-corrected chi connectivity index (χ4v) is 1.56. The van der Waals surface area contributed by atoms with Crippen molar-refractivity contribution in [2.24, 2.45) is 0 Å². The number of phenolic OH excluding ortho intramolecular Hbond substituents is 1. The van der Waals surface area contributed by atoms with Gasteiger partial charge in [0.1, 0.15) is 6.10 Å². The van der Waals surface area contributed by atoms with Crippen LogP contribution >= 0.6 is 0 Å². The molecule has 1 rings (SSSR count). The van der Waals surface area contributed by atoms with Gasteiger partial charge in [-0.3, -0.25) is 0 Å². The summed E-state index contributed by atoms with van der Waals surface area (Å²) >= 11 is 0. The maximum absolute atomic E-state index is 9.70. The highest BCUT2D eigenvalue weighted by molar-refractivity contribution is 5.52. The van der Waals surface area contributed by atoms with Gasteiger partial charge in [0, 0.05) is 6.42 Å². The Morgan fingerprint density at radius 2 is 1.56 bits per heavy atom. The zero-order valence-corrected chi connectivity index (χ0v) is 10.3. The molecule has 6 nitrogen and oxygen atoms in total. The molecule has 102 valence electrons. The van der Waals surface area contributed by atoms with Crippen molar-refractivity contribution in [3.63, 3.8) is 0 Å². The first kappa shape index (κ1) is 14.6. The summed E-state index contributed by atoms with van der Waals surface area (Å²) in [5, 5.41) is 37.3. The molecule has 0 fully saturated rings. The van der Waals surface area contributed by atoms with E-state index in [0.29, 0.717) is 5.56 Å². The van der Waals surface area contributed by atoms with Crippen LogP contribution in [0.5, 0.6) is 17.2 Å². The smallest absolute Gasteiger partial charge is 0.200 e. The number of aliphatic hydroxyl groups excluding tert-OH is 3. The highest BCUT2D eigenvalue weighted by atomic mass is 16.5. The van der Waals surface area contributed by atoms with Crippen molar-refractivity contribution in [3.8, 4) is 17.2 Å². The third-order valence-electron chi connectivity index (χ3n) is 2.62. The number of aromatic hydroxyl groups is 1. The number of rotatable bonds is 6. The lowest BCUT2D eigenvalue weighted by atomic mass is 10.0. The number of methoxy groups -OCH3 is 2. The monoisotopic (exact) mass is 258 g/mol. The Bertz CT molecular complexity index is 367. The Balaban J connectivity index is 2.96. The van der Waals surface area contributed by atoms with Gasteiger partial charge in [0.05, 0.1) is 26.9 Å². The van der Waals surface area contributed by atoms with Crippen LogP contribution in [0, 0.1) is 0 Å². The average Bonchev–Trinajstić information content (AvgIpc) is 2.39. The van der Waals surface area contributed by atoms with Crippen molar-refractivity contribution in [1.82, 2.24) is 0 Å². The lowest BCUT2D eigenvalue weighted by Crippen LogP contribution is -2.31. The largest absolute Gasteiger partial charge is 0.502 e. The second-order valence-electron chi connectivity index (χ2n) is 3.87. The topological polar surface area (TPSA) is 99.4 Å². The maximum atomic E-state index is 9.70. The van der Waals surface area contributed by atoms with E-state index < -0.39 is 18.8 Å². The zero-order chi connectivity index (χ0) is 13.7. The predicted molar refractivity (Wildman–Crippen MR) is 64.0 cm³/mol. The van der Waals surface area contributed by atoms with Crippen molar-refractivity contribution >= 4 is 0 Å². The van der Waals surface area contributed by atoms with Crippen LogP contribution in [-0.2, 0) is 6.42 Å². The molecule has 18 heavy (non-hydrogen) atoms. The van der Waals surface area contributed by atoms with Gasteiger partial charge in [-0.25, -0.2) is 0 Å². The normalized spacial score (nSPS) is 14.1. The van der Waals surface area contributed by atoms with Gasteiger partial charge in [0.15, 0.2) is 11.5 Å². The van der Waals surface area contributed by atoms with Gasteiger partial charge >= 0.3 is 0 Å². The van der Waals surface area contributed by atoms with E-state index in [2.05, 4.69) is 0 Å². The minimum atomic E-state index is -1.21. The van der Waals surface area contributed by atoms with Crippen molar-refractivity contribution in [2.75, 3.05) is 20.8 Å². The summed E-state index contributed by atoms with van der Waals surface area (Å²) in [5.74, 6) is 0.311. The fraction of sp³-hybridized carbons (Fsp3) is 0.500. The molecular weight excluding hydrogens is 240 g/mol. The Hall–Kier alpha value is -1.50. The molecule has 0 aliphatic rings. The second-order valence-corrected chi connectivity index (χ2v) is 3.87. The molecule has 6 heteroatoms. The van der Waals surface area contributed by atoms with E-state index >= 15 is 0 Å². The molecule has 1 aromatic rings. The van der Waals surface area contributed by atoms with Gasteiger partial charge in [-0.15, -0.1) is 0 Å². The number of benzene rings is 1. The van der Waals surface area contributed by atoms with Crippen LogP contribution < -0.4 is 9.47 Å². The van der Waals surface area contributed by atoms with E-state index in [1.807, 2.05) is 0 Å². The summed E-state index contributed by atoms with van der Waals surface area (Å²) in [6, 6.07) is 3.07. The van der Waals surface area contributed by atoms with Crippen LogP contribution in [0.25, 0.3) is 0 Å². The minimum absolute atomic E-state index is 0.106. The van der Waals surface area contributed by atoms with Gasteiger partial charge in [-0.05, 0) is 17.7 Å². The summed E-state index contributed by atoms with van der Waals surface area (Å²) in [4.78, 5) is 0. The van der Waals surface area contributed by atoms with E-state index in [1.54, 1.807) is 0 Å². The second kappa shape index (κ2) is 6.44. The first-order valence-electron chi connectivity index (χ1n) is 5.44. The van der Waals surface area contributed by atoms with E-state index in [4.69, 9.17) is 14.6 Å². The van der Waals surface area contributed by atoms with Crippen LogP contribution in [0.4, 0.5) is 0 Å². The minimum Gasteiger partial charge on any atom is -0.502 e. The average molecular weight is 258 g/mol. The fourth-order valence-electron chi connectivity index (χ4n) is 1.56. The summed E-state index contributed by atoms with van der Waals surface area (Å²) in [5.41, 5.74) is 0.613. The van der Waals surface area contributed by atoms with E-state index in [9.17, 15) is 15.3 Å². The van der Waals surface area contributed by atoms with Crippen LogP contribution in [0.2, 0.25) is 0 Å². The molecule has 0 saturated heterocycles. The molecule has 0 radical (unpaired) electrons. The van der Waals surface area contributed by atoms with Gasteiger partial charge in [0.25, 0.3) is 0 Å². The highest BCUT2D eigenvalue weighted by Crippen LogP contribution is 2.37. The van der Waals surface area contributed by atoms with E-state index in [0.717, 1.165) is 0 Å². The van der Waals surface area contributed by atoms with Crippen LogP contribution in [-0.4, -0.2) is 53.5 Å². The molecule has 1 aromatic carbocycles. The number of hydrogen-bond acceptors (Lipinski definition) is 6. The van der Waals surface area contributed by atoms with Gasteiger partial charge < -0.3 is 29.9 Å². The van der Waals surface area contributed by atoms with Crippen LogP contribution in [0.1, 0.15) is 5.56 Å². The van der Waals surface area contributed by atoms with Gasteiger partial charge in [-0.2, -0.15) is 0 Å². The Labute approximate surface area is 105 Å². The zero-order valence-electron chi connectivity index (χ0n) is 10.3. The first-order valence-corrected chi connectivity index (χ1v) is 5.44. The SMILES string of the molecule is COc1cc(C[C@H](O)[C@@H](O)CO)cc(OC)c1O. The molecule has 0 saturated carbocycles. The van der Waals surface area contributed by atoms with Crippen molar-refractivity contribution < 1.29 is 29.9 Å². The number of aliphatic hydroxyl groups is 3. The first-order chi connectivity index (χ1) is 8.53. The quantitative estimate of drug-likeness (QED) is 0.557. The molecule has 4 N–H and O–H groups in total. The number of hydrogen-bond donors (Lipinski definition) is 4. The van der Waals surface area contributed by atoms with Crippen molar-refractivity contribution in [1.29, 1.82) is 0 Å². The third kappa shape index (κ3) is 3.25. The van der Waals surface area contributed by atoms with Crippen molar-refractivity contribution in [3.05, 3.63) is 17.7 Å². The molecule has 0 amide bonds. The van der Waals surface area contributed by atoms with Gasteiger partial charge in [0.2, 0.25) is 5.75 Å². The third-order valence-corrected chi connectivity index (χ3v) is 2.62. The molecule has 0 spiro atoms. The number of ether oxygens (including phenoxy) is 2. The summed E-state index contributed by atoms with van der Waals surface area (Å²) in [6.45, 7) is -0.520. The molecule has 2 atom stereocenters. The van der Waals surface area contributed by atoms with Crippen LogP contribution in [0.3, 0.4) is 0 Å². The Morgan fingerprint density at radius 1 is 1.06 bits per heavy atom. The summed E-state index contributed by atoms with van der Waals surface area (Å²) < 4.78 is 9.95. The summed E-state index contributed by atoms with van der Waals surface area (Å²) in [6.07, 6.45) is -2.21. The standard InChI is InChI=1S/C12H18O6/c1-17-10-4-7(3-8(14)9(15)6-13)5-11(18-2)12(10)16/h4-5,8-9,13-16H,3,6H2,1-2H3/t8-,9-/m0/s1. The molecule has 0 aliphatic carbocycles. The molecule has 0 unspecified atom stereocenters. The lowest BCUT2D eigenvalue weighted by Gasteiger charge is -2.17.